The quantitative estimate of drug-likeness (QED) is 0.405. The van der Waals surface area contributed by atoms with Crippen molar-refractivity contribution in [2.45, 2.75) is 65.5 Å². The molecule has 2 aliphatic rings. The molecule has 0 amide bonds. The Labute approximate surface area is 157 Å². The highest BCUT2D eigenvalue weighted by atomic mass is 16.8. The van der Waals surface area contributed by atoms with Crippen molar-refractivity contribution in [3.63, 3.8) is 0 Å². The molecule has 0 aliphatic carbocycles. The number of rotatable bonds is 11. The third kappa shape index (κ3) is 7.79. The first kappa shape index (κ1) is 21.5. The van der Waals surface area contributed by atoms with Gasteiger partial charge in [-0.2, -0.15) is 10.1 Å². The molecule has 2 saturated heterocycles. The third-order valence-electron chi connectivity index (χ3n) is 4.16. The van der Waals surface area contributed by atoms with Crippen LogP contribution in [-0.4, -0.2) is 45.8 Å². The Hall–Kier alpha value is -1.75. The van der Waals surface area contributed by atoms with E-state index in [9.17, 15) is 14.4 Å². The van der Waals surface area contributed by atoms with Crippen LogP contribution in [0.25, 0.3) is 0 Å². The summed E-state index contributed by atoms with van der Waals surface area (Å²) in [5.74, 6) is -1.74. The topological polar surface area (TPSA) is 105 Å². The van der Waals surface area contributed by atoms with E-state index in [1.165, 1.54) is 6.42 Å². The third-order valence-corrected chi connectivity index (χ3v) is 4.16. The number of nitrogens with zero attached hydrogens (tertiary/aromatic N) is 4. The van der Waals surface area contributed by atoms with E-state index in [0.717, 1.165) is 54.9 Å². The Bertz CT molecular complexity index is 732. The first-order chi connectivity index (χ1) is 13.1. The molecule has 154 valence electrons. The van der Waals surface area contributed by atoms with Crippen LogP contribution in [0, 0.1) is 0 Å². The molecule has 2 aliphatic heterocycles. The van der Waals surface area contributed by atoms with Gasteiger partial charge in [-0.3, -0.25) is 9.68 Å². The van der Waals surface area contributed by atoms with Crippen LogP contribution in [0.5, 0.6) is 0 Å². The highest BCUT2D eigenvalue weighted by molar-refractivity contribution is 4.70. The van der Waals surface area contributed by atoms with E-state index in [0.29, 0.717) is 12.8 Å². The predicted octanol–water partition coefficient (Wildman–Crippen LogP) is 0.739. The van der Waals surface area contributed by atoms with Crippen LogP contribution in [0.15, 0.2) is 18.8 Å². The van der Waals surface area contributed by atoms with E-state index in [1.807, 2.05) is 17.1 Å². The summed E-state index contributed by atoms with van der Waals surface area (Å²) >= 11 is 0. The van der Waals surface area contributed by atoms with Crippen molar-refractivity contribution in [1.29, 1.82) is 0 Å². The maximum Gasteiger partial charge on any atom is 0.427 e. The summed E-state index contributed by atoms with van der Waals surface area (Å²) in [7, 11) is 0. The lowest BCUT2D eigenvalue weighted by atomic mass is 10.2. The summed E-state index contributed by atoms with van der Waals surface area (Å²) in [6.45, 7) is 8.12. The predicted molar refractivity (Wildman–Crippen MR) is 97.9 cm³/mol. The van der Waals surface area contributed by atoms with Crippen molar-refractivity contribution in [1.82, 2.24) is 19.3 Å². The van der Waals surface area contributed by atoms with Crippen LogP contribution in [0.3, 0.4) is 0 Å². The summed E-state index contributed by atoms with van der Waals surface area (Å²) in [5.41, 5.74) is -0.574. The van der Waals surface area contributed by atoms with Gasteiger partial charge in [-0.1, -0.05) is 26.7 Å². The van der Waals surface area contributed by atoms with Gasteiger partial charge in [0, 0.05) is 26.2 Å². The van der Waals surface area contributed by atoms with Crippen molar-refractivity contribution in [2.24, 2.45) is 0 Å². The zero-order valence-corrected chi connectivity index (χ0v) is 16.2. The lowest BCUT2D eigenvalue weighted by molar-refractivity contribution is 0.197. The summed E-state index contributed by atoms with van der Waals surface area (Å²) in [6.07, 6.45) is 5.47. The molecule has 0 radical (unpaired) electrons. The standard InChI is InChI=1S/C13H21N3O5.C4H9NO/c1-2-7-15-11(17)16(13(19)21-12(15)18)9-6-4-3-5-8-14-10-20-14;1-2-3-5-4-6-5/h2-10H2,1H3;2-4H2,1H3. The molecule has 3 heterocycles. The van der Waals surface area contributed by atoms with E-state index in [4.69, 9.17) is 9.68 Å². The maximum atomic E-state index is 12.1. The number of aromatic nitrogens is 2. The van der Waals surface area contributed by atoms with E-state index in [1.54, 1.807) is 0 Å². The summed E-state index contributed by atoms with van der Waals surface area (Å²) in [5, 5.41) is 3.81. The van der Waals surface area contributed by atoms with Gasteiger partial charge >= 0.3 is 17.2 Å². The average Bonchev–Trinajstić information content (AvgIpc) is 3.53. The zero-order valence-electron chi connectivity index (χ0n) is 16.2. The van der Waals surface area contributed by atoms with E-state index < -0.39 is 17.2 Å². The van der Waals surface area contributed by atoms with Gasteiger partial charge < -0.3 is 4.42 Å². The fourth-order valence-electron chi connectivity index (χ4n) is 2.59. The Morgan fingerprint density at radius 1 is 0.704 bits per heavy atom. The molecular weight excluding hydrogens is 356 g/mol. The van der Waals surface area contributed by atoms with Crippen LogP contribution >= 0.6 is 0 Å². The minimum Gasteiger partial charge on any atom is -0.358 e. The first-order valence-electron chi connectivity index (χ1n) is 9.67. The molecule has 27 heavy (non-hydrogen) atoms. The number of hydroxylamine groups is 4. The highest BCUT2D eigenvalue weighted by Crippen LogP contribution is 2.09. The van der Waals surface area contributed by atoms with Crippen LogP contribution in [0.4, 0.5) is 0 Å². The molecule has 2 fully saturated rings. The Balaban J connectivity index is 0.000000369. The monoisotopic (exact) mass is 386 g/mol. The number of unbranched alkanes of at least 4 members (excludes halogenated alkanes) is 3. The molecule has 0 aromatic carbocycles. The fraction of sp³-hybridized carbons (Fsp3) is 0.824. The van der Waals surface area contributed by atoms with Gasteiger partial charge in [0.25, 0.3) is 0 Å². The van der Waals surface area contributed by atoms with Gasteiger partial charge in [0.2, 0.25) is 0 Å². The second-order valence-corrected chi connectivity index (χ2v) is 6.56. The van der Waals surface area contributed by atoms with Crippen molar-refractivity contribution in [3.8, 4) is 0 Å². The van der Waals surface area contributed by atoms with Gasteiger partial charge in [-0.15, -0.1) is 0 Å². The molecule has 10 heteroatoms. The minimum absolute atomic E-state index is 0.261. The molecule has 0 bridgehead atoms. The SMILES string of the molecule is CCCN1CO1.CCCn1c(=O)oc(=O)n(CCCCCCN2CO2)c1=O. The molecule has 0 N–H and O–H groups in total. The summed E-state index contributed by atoms with van der Waals surface area (Å²) in [6, 6.07) is 0. The molecule has 3 rings (SSSR count). The summed E-state index contributed by atoms with van der Waals surface area (Å²) in [4.78, 5) is 44.9. The molecule has 10 nitrogen and oxygen atoms in total. The second-order valence-electron chi connectivity index (χ2n) is 6.56. The fourth-order valence-corrected chi connectivity index (χ4v) is 2.59. The van der Waals surface area contributed by atoms with Gasteiger partial charge in [0.1, 0.15) is 13.5 Å². The van der Waals surface area contributed by atoms with Crippen molar-refractivity contribution >= 4 is 0 Å². The molecular formula is C17H30N4O6. The van der Waals surface area contributed by atoms with Gasteiger partial charge in [-0.25, -0.2) is 23.5 Å². The van der Waals surface area contributed by atoms with Gasteiger partial charge in [0.15, 0.2) is 0 Å². The Morgan fingerprint density at radius 3 is 1.67 bits per heavy atom. The molecule has 2 unspecified atom stereocenters. The van der Waals surface area contributed by atoms with E-state index >= 15 is 0 Å². The van der Waals surface area contributed by atoms with Crippen LogP contribution < -0.4 is 17.2 Å². The molecule has 0 saturated carbocycles. The average molecular weight is 386 g/mol. The first-order valence-corrected chi connectivity index (χ1v) is 9.67. The Kier molecular flexibility index (Phi) is 8.92. The van der Waals surface area contributed by atoms with Gasteiger partial charge in [-0.05, 0) is 25.7 Å². The molecule has 2 atom stereocenters. The second kappa shape index (κ2) is 11.2. The number of hydrogen-bond acceptors (Lipinski definition) is 8. The molecule has 1 aromatic rings. The maximum absolute atomic E-state index is 12.1. The molecule has 1 aromatic heterocycles. The van der Waals surface area contributed by atoms with E-state index in [2.05, 4.69) is 11.3 Å². The molecule has 0 spiro atoms. The lowest BCUT2D eigenvalue weighted by Gasteiger charge is -2.06. The summed E-state index contributed by atoms with van der Waals surface area (Å²) < 4.78 is 6.56. The largest absolute Gasteiger partial charge is 0.427 e. The normalized spacial score (nSPS) is 20.1. The highest BCUT2D eigenvalue weighted by Gasteiger charge is 2.17. The van der Waals surface area contributed by atoms with Crippen molar-refractivity contribution in [2.75, 3.05) is 26.6 Å². The van der Waals surface area contributed by atoms with Crippen LogP contribution in [-0.2, 0) is 22.8 Å². The van der Waals surface area contributed by atoms with Crippen LogP contribution in [0.2, 0.25) is 0 Å². The smallest absolute Gasteiger partial charge is 0.358 e. The van der Waals surface area contributed by atoms with Gasteiger partial charge in [0.05, 0.1) is 0 Å². The zero-order chi connectivity index (χ0) is 19.6. The van der Waals surface area contributed by atoms with Crippen molar-refractivity contribution < 1.29 is 14.1 Å². The van der Waals surface area contributed by atoms with Crippen molar-refractivity contribution in [3.05, 3.63) is 31.6 Å². The minimum atomic E-state index is -0.874. The lowest BCUT2D eigenvalue weighted by Crippen LogP contribution is -2.46. The number of hydrogen-bond donors (Lipinski definition) is 0. The van der Waals surface area contributed by atoms with E-state index in [-0.39, 0.29) is 13.1 Å². The Morgan fingerprint density at radius 2 is 1.19 bits per heavy atom. The van der Waals surface area contributed by atoms with Crippen LogP contribution in [0.1, 0.15) is 52.4 Å².